The van der Waals surface area contributed by atoms with Crippen molar-refractivity contribution in [2.45, 2.75) is 46.6 Å². The van der Waals surface area contributed by atoms with Gasteiger partial charge in [-0.3, -0.25) is 9.59 Å². The van der Waals surface area contributed by atoms with Crippen molar-refractivity contribution >= 4 is 45.4 Å². The van der Waals surface area contributed by atoms with Crippen LogP contribution in [-0.4, -0.2) is 18.4 Å². The SMILES string of the molecule is CC(C)(C)C1CCc2c(sc(NC(=O)CNCc3ccco3)c2C(=O)Nc2ccc(Cl)cc2)C1. The molecule has 0 fully saturated rings. The monoisotopic (exact) mass is 499 g/mol. The van der Waals surface area contributed by atoms with E-state index in [1.165, 1.54) is 16.2 Å². The first-order valence-corrected chi connectivity index (χ1v) is 12.6. The van der Waals surface area contributed by atoms with Crippen molar-refractivity contribution in [1.29, 1.82) is 0 Å². The number of anilines is 2. The number of nitrogens with one attached hydrogen (secondary N) is 3. The van der Waals surface area contributed by atoms with E-state index in [2.05, 4.69) is 36.7 Å². The third-order valence-electron chi connectivity index (χ3n) is 6.24. The molecule has 0 radical (unpaired) electrons. The lowest BCUT2D eigenvalue weighted by molar-refractivity contribution is -0.115. The highest BCUT2D eigenvalue weighted by Crippen LogP contribution is 2.44. The van der Waals surface area contributed by atoms with Gasteiger partial charge in [0.1, 0.15) is 10.8 Å². The van der Waals surface area contributed by atoms with Crippen molar-refractivity contribution < 1.29 is 14.0 Å². The van der Waals surface area contributed by atoms with Crippen molar-refractivity contribution in [2.75, 3.05) is 17.2 Å². The molecule has 8 heteroatoms. The summed E-state index contributed by atoms with van der Waals surface area (Å²) in [6.07, 6.45) is 4.36. The number of amides is 2. The fraction of sp³-hybridized carbons (Fsp3) is 0.385. The largest absolute Gasteiger partial charge is 0.468 e. The first-order chi connectivity index (χ1) is 16.2. The van der Waals surface area contributed by atoms with E-state index in [0.29, 0.717) is 33.7 Å². The first kappa shape index (κ1) is 24.5. The minimum atomic E-state index is -0.215. The van der Waals surface area contributed by atoms with Crippen LogP contribution < -0.4 is 16.0 Å². The summed E-state index contributed by atoms with van der Waals surface area (Å²) in [5, 5.41) is 10.2. The number of carbonyl (C=O) groups excluding carboxylic acids is 2. The van der Waals surface area contributed by atoms with Gasteiger partial charge < -0.3 is 20.4 Å². The summed E-state index contributed by atoms with van der Waals surface area (Å²) in [5.74, 6) is 0.880. The molecule has 1 atom stereocenters. The average Bonchev–Trinajstić information content (AvgIpc) is 3.41. The zero-order valence-electron chi connectivity index (χ0n) is 19.7. The maximum Gasteiger partial charge on any atom is 0.258 e. The maximum absolute atomic E-state index is 13.4. The van der Waals surface area contributed by atoms with Crippen LogP contribution in [0.5, 0.6) is 0 Å². The molecule has 1 aromatic carbocycles. The van der Waals surface area contributed by atoms with E-state index in [-0.39, 0.29) is 23.8 Å². The van der Waals surface area contributed by atoms with Crippen LogP contribution in [0.15, 0.2) is 47.1 Å². The molecule has 2 aromatic heterocycles. The Bertz CT molecular complexity index is 1150. The smallest absolute Gasteiger partial charge is 0.258 e. The van der Waals surface area contributed by atoms with Crippen LogP contribution >= 0.6 is 22.9 Å². The lowest BCUT2D eigenvalue weighted by atomic mass is 9.72. The summed E-state index contributed by atoms with van der Waals surface area (Å²) in [4.78, 5) is 27.3. The van der Waals surface area contributed by atoms with Gasteiger partial charge in [-0.1, -0.05) is 32.4 Å². The normalized spacial score (nSPS) is 15.6. The van der Waals surface area contributed by atoms with Crippen LogP contribution in [0.2, 0.25) is 5.02 Å². The Morgan fingerprint density at radius 1 is 1.15 bits per heavy atom. The van der Waals surface area contributed by atoms with Crippen molar-refractivity contribution in [2.24, 2.45) is 11.3 Å². The molecule has 180 valence electrons. The Morgan fingerprint density at radius 3 is 2.59 bits per heavy atom. The van der Waals surface area contributed by atoms with Gasteiger partial charge in [-0.2, -0.15) is 0 Å². The standard InChI is InChI=1S/C26H30ClN3O3S/c1-26(2,3)16-6-11-20-21(13-16)34-25(30-22(31)15-28-14-19-5-4-12-33-19)23(20)24(32)29-18-9-7-17(27)8-10-18/h4-5,7-10,12,16,28H,6,11,13-15H2,1-3H3,(H,29,32)(H,30,31). The Kier molecular flexibility index (Phi) is 7.45. The molecule has 0 bridgehead atoms. The van der Waals surface area contributed by atoms with Gasteiger partial charge in [-0.25, -0.2) is 0 Å². The fourth-order valence-corrected chi connectivity index (χ4v) is 5.73. The molecule has 0 aliphatic heterocycles. The summed E-state index contributed by atoms with van der Waals surface area (Å²) < 4.78 is 5.29. The quantitative estimate of drug-likeness (QED) is 0.365. The van der Waals surface area contributed by atoms with Crippen LogP contribution in [0.4, 0.5) is 10.7 Å². The molecule has 0 spiro atoms. The van der Waals surface area contributed by atoms with Crippen molar-refractivity contribution in [3.8, 4) is 0 Å². The van der Waals surface area contributed by atoms with Gasteiger partial charge >= 0.3 is 0 Å². The number of furan rings is 1. The van der Waals surface area contributed by atoms with Crippen LogP contribution in [0, 0.1) is 11.3 Å². The second kappa shape index (κ2) is 10.3. The summed E-state index contributed by atoms with van der Waals surface area (Å²) in [6, 6.07) is 10.7. The summed E-state index contributed by atoms with van der Waals surface area (Å²) in [6.45, 7) is 7.36. The second-order valence-corrected chi connectivity index (χ2v) is 11.2. The highest BCUT2D eigenvalue weighted by molar-refractivity contribution is 7.17. The second-order valence-electron chi connectivity index (χ2n) is 9.71. The van der Waals surface area contributed by atoms with Crippen LogP contribution in [-0.2, 0) is 24.2 Å². The highest BCUT2D eigenvalue weighted by Gasteiger charge is 2.34. The molecule has 3 aromatic rings. The molecule has 0 saturated carbocycles. The number of hydrogen-bond acceptors (Lipinski definition) is 5. The zero-order valence-corrected chi connectivity index (χ0v) is 21.2. The minimum Gasteiger partial charge on any atom is -0.468 e. The molecule has 1 aliphatic rings. The number of fused-ring (bicyclic) bond motifs is 1. The van der Waals surface area contributed by atoms with Crippen LogP contribution in [0.3, 0.4) is 0 Å². The molecular weight excluding hydrogens is 470 g/mol. The molecule has 6 nitrogen and oxygen atoms in total. The molecule has 34 heavy (non-hydrogen) atoms. The van der Waals surface area contributed by atoms with E-state index in [1.54, 1.807) is 30.5 Å². The van der Waals surface area contributed by atoms with Gasteiger partial charge in [0.25, 0.3) is 5.91 Å². The third kappa shape index (κ3) is 5.90. The van der Waals surface area contributed by atoms with Crippen molar-refractivity contribution in [1.82, 2.24) is 5.32 Å². The number of carbonyl (C=O) groups is 2. The van der Waals surface area contributed by atoms with Gasteiger partial charge in [-0.05, 0) is 72.6 Å². The number of thiophene rings is 1. The van der Waals surface area contributed by atoms with E-state index >= 15 is 0 Å². The number of hydrogen-bond donors (Lipinski definition) is 3. The molecule has 2 amide bonds. The van der Waals surface area contributed by atoms with Crippen LogP contribution in [0.25, 0.3) is 0 Å². The van der Waals surface area contributed by atoms with E-state index in [0.717, 1.165) is 30.6 Å². The predicted octanol–water partition coefficient (Wildman–Crippen LogP) is 6.13. The van der Waals surface area contributed by atoms with E-state index in [1.807, 2.05) is 12.1 Å². The summed E-state index contributed by atoms with van der Waals surface area (Å²) in [7, 11) is 0. The Balaban J connectivity index is 1.54. The Hall–Kier alpha value is -2.61. The molecule has 4 rings (SSSR count). The maximum atomic E-state index is 13.4. The summed E-state index contributed by atoms with van der Waals surface area (Å²) >= 11 is 7.50. The zero-order chi connectivity index (χ0) is 24.3. The minimum absolute atomic E-state index is 0.117. The Morgan fingerprint density at radius 2 is 1.91 bits per heavy atom. The number of halogens is 1. The van der Waals surface area contributed by atoms with Gasteiger partial charge in [0.15, 0.2) is 0 Å². The fourth-order valence-electron chi connectivity index (χ4n) is 4.26. The molecule has 1 unspecified atom stereocenters. The van der Waals surface area contributed by atoms with Gasteiger partial charge in [0.05, 0.1) is 24.9 Å². The van der Waals surface area contributed by atoms with Gasteiger partial charge in [0.2, 0.25) is 5.91 Å². The molecule has 2 heterocycles. The van der Waals surface area contributed by atoms with Crippen molar-refractivity contribution in [3.63, 3.8) is 0 Å². The average molecular weight is 500 g/mol. The lowest BCUT2D eigenvalue weighted by Crippen LogP contribution is -2.28. The van der Waals surface area contributed by atoms with Crippen molar-refractivity contribution in [3.05, 3.63) is 69.4 Å². The Labute approximate surface area is 209 Å². The van der Waals surface area contributed by atoms with E-state index in [9.17, 15) is 9.59 Å². The van der Waals surface area contributed by atoms with Crippen LogP contribution in [0.1, 0.15) is 53.8 Å². The highest BCUT2D eigenvalue weighted by atomic mass is 35.5. The summed E-state index contributed by atoms with van der Waals surface area (Å²) in [5.41, 5.74) is 2.47. The number of rotatable bonds is 7. The first-order valence-electron chi connectivity index (χ1n) is 11.4. The van der Waals surface area contributed by atoms with E-state index < -0.39 is 0 Å². The van der Waals surface area contributed by atoms with Gasteiger partial charge in [0, 0.05) is 15.6 Å². The lowest BCUT2D eigenvalue weighted by Gasteiger charge is -2.33. The molecule has 0 saturated heterocycles. The third-order valence-corrected chi connectivity index (χ3v) is 7.66. The predicted molar refractivity (Wildman–Crippen MR) is 138 cm³/mol. The molecule has 1 aliphatic carbocycles. The molecule has 3 N–H and O–H groups in total. The van der Waals surface area contributed by atoms with E-state index in [4.69, 9.17) is 16.0 Å². The number of benzene rings is 1. The van der Waals surface area contributed by atoms with Gasteiger partial charge in [-0.15, -0.1) is 11.3 Å². The molecular formula is C26H30ClN3O3S. The topological polar surface area (TPSA) is 83.4 Å².